The molecule has 0 aliphatic rings. The lowest BCUT2D eigenvalue weighted by Gasteiger charge is -2.14. The summed E-state index contributed by atoms with van der Waals surface area (Å²) in [5.41, 5.74) is 2.83. The Balaban J connectivity index is 2.44. The van der Waals surface area contributed by atoms with Crippen molar-refractivity contribution < 1.29 is 0 Å². The van der Waals surface area contributed by atoms with Crippen molar-refractivity contribution in [2.24, 2.45) is 5.84 Å². The van der Waals surface area contributed by atoms with E-state index in [-0.39, 0.29) is 0 Å². The Morgan fingerprint density at radius 2 is 2.43 bits per heavy atom. The van der Waals surface area contributed by atoms with Crippen LogP contribution in [0.15, 0.2) is 15.9 Å². The first-order valence-electron chi connectivity index (χ1n) is 4.52. The van der Waals surface area contributed by atoms with Gasteiger partial charge in [0.15, 0.2) is 0 Å². The second-order valence-corrected chi connectivity index (χ2v) is 5.32. The monoisotopic (exact) mass is 296 g/mol. The van der Waals surface area contributed by atoms with E-state index in [1.165, 1.54) is 9.35 Å². The number of nitrogens with two attached hydrogens (primary N) is 1. The molecule has 1 aromatic heterocycles. The Morgan fingerprint density at radius 3 is 2.93 bits per heavy atom. The van der Waals surface area contributed by atoms with Crippen LogP contribution in [-0.4, -0.2) is 11.9 Å². The van der Waals surface area contributed by atoms with Gasteiger partial charge in [0.25, 0.3) is 0 Å². The molecule has 1 heterocycles. The third-order valence-corrected chi connectivity index (χ3v) is 4.26. The minimum atomic E-state index is 0.323. The molecule has 0 spiro atoms. The predicted octanol–water partition coefficient (Wildman–Crippen LogP) is 2.90. The average molecular weight is 298 g/mol. The molecule has 0 saturated heterocycles. The van der Waals surface area contributed by atoms with Gasteiger partial charge in [0, 0.05) is 21.3 Å². The fourth-order valence-electron chi connectivity index (χ4n) is 1.26. The zero-order valence-electron chi connectivity index (χ0n) is 7.80. The molecule has 2 nitrogen and oxygen atoms in total. The van der Waals surface area contributed by atoms with Gasteiger partial charge in [0.2, 0.25) is 0 Å². The summed E-state index contributed by atoms with van der Waals surface area (Å²) in [5, 5.41) is 2.08. The lowest BCUT2D eigenvalue weighted by Crippen LogP contribution is -2.36. The van der Waals surface area contributed by atoms with Crippen LogP contribution in [0.1, 0.15) is 17.7 Å². The molecule has 14 heavy (non-hydrogen) atoms. The number of halogens is 2. The second-order valence-electron chi connectivity index (χ2n) is 3.09. The van der Waals surface area contributed by atoms with Crippen LogP contribution in [0, 0.1) is 0 Å². The highest BCUT2D eigenvalue weighted by molar-refractivity contribution is 9.10. The lowest BCUT2D eigenvalue weighted by molar-refractivity contribution is 0.489. The number of hydrogen-bond donors (Lipinski definition) is 2. The number of hydrazine groups is 1. The van der Waals surface area contributed by atoms with Crippen molar-refractivity contribution in [1.82, 2.24) is 5.43 Å². The van der Waals surface area contributed by atoms with Gasteiger partial charge in [-0.1, -0.05) is 0 Å². The molecule has 5 heteroatoms. The summed E-state index contributed by atoms with van der Waals surface area (Å²) in [7, 11) is 0. The quantitative estimate of drug-likeness (QED) is 0.481. The van der Waals surface area contributed by atoms with Gasteiger partial charge in [-0.3, -0.25) is 11.3 Å². The Kier molecular flexibility index (Phi) is 6.05. The van der Waals surface area contributed by atoms with Gasteiger partial charge < -0.3 is 0 Å². The van der Waals surface area contributed by atoms with Crippen molar-refractivity contribution in [1.29, 1.82) is 0 Å². The molecule has 0 aliphatic carbocycles. The molecule has 0 radical (unpaired) electrons. The molecular weight excluding hydrogens is 284 g/mol. The highest BCUT2D eigenvalue weighted by Gasteiger charge is 2.10. The number of nitrogens with one attached hydrogen (secondary N) is 1. The zero-order chi connectivity index (χ0) is 10.4. The summed E-state index contributed by atoms with van der Waals surface area (Å²) in [4.78, 5) is 1.34. The van der Waals surface area contributed by atoms with Crippen LogP contribution in [0.3, 0.4) is 0 Å². The number of hydrogen-bond acceptors (Lipinski definition) is 3. The van der Waals surface area contributed by atoms with Gasteiger partial charge in [-0.15, -0.1) is 22.9 Å². The van der Waals surface area contributed by atoms with E-state index in [0.717, 1.165) is 19.3 Å². The fourth-order valence-corrected chi connectivity index (χ4v) is 3.01. The van der Waals surface area contributed by atoms with Crippen LogP contribution < -0.4 is 11.3 Å². The molecule has 1 atom stereocenters. The van der Waals surface area contributed by atoms with E-state index in [1.54, 1.807) is 11.3 Å². The minimum absolute atomic E-state index is 0.323. The smallest absolute Gasteiger partial charge is 0.0314 e. The number of thiophene rings is 1. The Hall–Kier alpha value is 0.390. The third kappa shape index (κ3) is 3.87. The molecule has 1 rings (SSSR count). The largest absolute Gasteiger partial charge is 0.271 e. The van der Waals surface area contributed by atoms with Gasteiger partial charge in [-0.05, 0) is 46.6 Å². The molecule has 0 aliphatic heterocycles. The van der Waals surface area contributed by atoms with E-state index in [9.17, 15) is 0 Å². The van der Waals surface area contributed by atoms with Gasteiger partial charge in [0.05, 0.1) is 0 Å². The van der Waals surface area contributed by atoms with Crippen LogP contribution in [0.25, 0.3) is 0 Å². The summed E-state index contributed by atoms with van der Waals surface area (Å²) in [6.45, 7) is 0. The highest BCUT2D eigenvalue weighted by Crippen LogP contribution is 2.24. The summed E-state index contributed by atoms with van der Waals surface area (Å²) in [6.07, 6.45) is 2.98. The predicted molar refractivity (Wildman–Crippen MR) is 66.8 cm³/mol. The molecule has 0 amide bonds. The topological polar surface area (TPSA) is 38.0 Å². The van der Waals surface area contributed by atoms with Gasteiger partial charge >= 0.3 is 0 Å². The van der Waals surface area contributed by atoms with Crippen LogP contribution in [0.2, 0.25) is 0 Å². The maximum Gasteiger partial charge on any atom is 0.0314 e. The molecular formula is C9H14BrClN2S. The standard InChI is InChI=1S/C9H14BrClN2S/c10-8-3-5-14-9(8)6-7(13-12)2-1-4-11/h3,5,7,13H,1-2,4,6,12H2. The molecule has 0 aromatic carbocycles. The van der Waals surface area contributed by atoms with Crippen molar-refractivity contribution >= 4 is 38.9 Å². The van der Waals surface area contributed by atoms with E-state index in [4.69, 9.17) is 17.4 Å². The van der Waals surface area contributed by atoms with E-state index < -0.39 is 0 Å². The summed E-state index contributed by atoms with van der Waals surface area (Å²) < 4.78 is 1.17. The van der Waals surface area contributed by atoms with Crippen molar-refractivity contribution in [3.8, 4) is 0 Å². The Labute approximate surface area is 102 Å². The third-order valence-electron chi connectivity index (χ3n) is 2.04. The Morgan fingerprint density at radius 1 is 1.64 bits per heavy atom. The van der Waals surface area contributed by atoms with Crippen molar-refractivity contribution in [2.75, 3.05) is 5.88 Å². The summed E-state index contributed by atoms with van der Waals surface area (Å²) in [5.74, 6) is 6.17. The SMILES string of the molecule is NNC(CCCCl)Cc1sccc1Br. The van der Waals surface area contributed by atoms with Crippen LogP contribution in [0.4, 0.5) is 0 Å². The highest BCUT2D eigenvalue weighted by atomic mass is 79.9. The molecule has 0 saturated carbocycles. The van der Waals surface area contributed by atoms with Crippen LogP contribution in [0.5, 0.6) is 0 Å². The van der Waals surface area contributed by atoms with E-state index in [1.807, 2.05) is 0 Å². The van der Waals surface area contributed by atoms with Crippen molar-refractivity contribution in [2.45, 2.75) is 25.3 Å². The Bertz CT molecular complexity index is 267. The summed E-state index contributed by atoms with van der Waals surface area (Å²) >= 11 is 10.9. The molecule has 80 valence electrons. The van der Waals surface area contributed by atoms with E-state index in [2.05, 4.69) is 32.8 Å². The maximum atomic E-state index is 5.64. The van der Waals surface area contributed by atoms with Crippen LogP contribution in [-0.2, 0) is 6.42 Å². The first-order chi connectivity index (χ1) is 6.77. The maximum absolute atomic E-state index is 5.64. The van der Waals surface area contributed by atoms with E-state index >= 15 is 0 Å². The fraction of sp³-hybridized carbons (Fsp3) is 0.556. The summed E-state index contributed by atoms with van der Waals surface area (Å²) in [6, 6.07) is 2.39. The van der Waals surface area contributed by atoms with Crippen molar-refractivity contribution in [3.63, 3.8) is 0 Å². The zero-order valence-corrected chi connectivity index (χ0v) is 11.0. The molecule has 0 fully saturated rings. The normalized spacial score (nSPS) is 13.1. The molecule has 0 bridgehead atoms. The average Bonchev–Trinajstić information content (AvgIpc) is 2.59. The first kappa shape index (κ1) is 12.5. The van der Waals surface area contributed by atoms with Crippen molar-refractivity contribution in [3.05, 3.63) is 20.8 Å². The second kappa shape index (κ2) is 6.80. The van der Waals surface area contributed by atoms with Gasteiger partial charge in [-0.2, -0.15) is 0 Å². The lowest BCUT2D eigenvalue weighted by atomic mass is 10.1. The number of alkyl halides is 1. The minimum Gasteiger partial charge on any atom is -0.271 e. The molecule has 3 N–H and O–H groups in total. The number of rotatable bonds is 6. The molecule has 1 aromatic rings. The van der Waals surface area contributed by atoms with Gasteiger partial charge in [0.1, 0.15) is 0 Å². The van der Waals surface area contributed by atoms with Crippen LogP contribution >= 0.6 is 38.9 Å². The van der Waals surface area contributed by atoms with E-state index in [0.29, 0.717) is 11.9 Å². The first-order valence-corrected chi connectivity index (χ1v) is 6.72. The van der Waals surface area contributed by atoms with Gasteiger partial charge in [-0.25, -0.2) is 0 Å². The molecule has 1 unspecified atom stereocenters.